The summed E-state index contributed by atoms with van der Waals surface area (Å²) in [7, 11) is 0. The number of hydrogen-bond donors (Lipinski definition) is 3. The van der Waals surface area contributed by atoms with Crippen molar-refractivity contribution in [3.8, 4) is 0 Å². The van der Waals surface area contributed by atoms with Crippen LogP contribution in [0.1, 0.15) is 30.0 Å². The second-order valence-electron chi connectivity index (χ2n) is 5.56. The number of rotatable bonds is 6. The van der Waals surface area contributed by atoms with Gasteiger partial charge >= 0.3 is 5.97 Å². The van der Waals surface area contributed by atoms with E-state index in [4.69, 9.17) is 5.11 Å². The highest BCUT2D eigenvalue weighted by molar-refractivity contribution is 5.72. The maximum atomic E-state index is 13.6. The zero-order chi connectivity index (χ0) is 16.4. The van der Waals surface area contributed by atoms with Crippen LogP contribution in [-0.4, -0.2) is 27.6 Å². The first-order valence-corrected chi connectivity index (χ1v) is 7.39. The number of nitrogens with zero attached hydrogens (tertiary/aromatic N) is 2. The van der Waals surface area contributed by atoms with Gasteiger partial charge in [0.1, 0.15) is 18.2 Å². The molecule has 1 aliphatic carbocycles. The molecule has 0 unspecified atom stereocenters. The summed E-state index contributed by atoms with van der Waals surface area (Å²) in [6.45, 7) is 1.43. The van der Waals surface area contributed by atoms with Gasteiger partial charge in [-0.05, 0) is 31.9 Å². The third-order valence-electron chi connectivity index (χ3n) is 3.67. The first-order chi connectivity index (χ1) is 11.0. The molecule has 0 spiro atoms. The third kappa shape index (κ3) is 3.74. The lowest BCUT2D eigenvalue weighted by atomic mass is 10.2. The van der Waals surface area contributed by atoms with Crippen molar-refractivity contribution in [3.63, 3.8) is 0 Å². The average molecular weight is 316 g/mol. The van der Waals surface area contributed by atoms with Crippen molar-refractivity contribution >= 4 is 23.4 Å². The Morgan fingerprint density at radius 3 is 2.87 bits per heavy atom. The Morgan fingerprint density at radius 2 is 2.17 bits per heavy atom. The van der Waals surface area contributed by atoms with Crippen molar-refractivity contribution in [3.05, 3.63) is 41.3 Å². The minimum absolute atomic E-state index is 0.257. The van der Waals surface area contributed by atoms with Gasteiger partial charge in [0.15, 0.2) is 0 Å². The van der Waals surface area contributed by atoms with Crippen molar-refractivity contribution in [2.45, 2.75) is 25.7 Å². The van der Waals surface area contributed by atoms with E-state index in [-0.39, 0.29) is 18.3 Å². The van der Waals surface area contributed by atoms with Crippen LogP contribution in [0.25, 0.3) is 0 Å². The molecule has 7 heteroatoms. The second-order valence-corrected chi connectivity index (χ2v) is 5.56. The zero-order valence-corrected chi connectivity index (χ0v) is 12.6. The van der Waals surface area contributed by atoms with E-state index in [1.807, 2.05) is 6.07 Å². The predicted molar refractivity (Wildman–Crippen MR) is 84.6 cm³/mol. The van der Waals surface area contributed by atoms with Gasteiger partial charge in [-0.15, -0.1) is 0 Å². The zero-order valence-electron chi connectivity index (χ0n) is 12.6. The molecule has 1 aliphatic rings. The van der Waals surface area contributed by atoms with Crippen molar-refractivity contribution < 1.29 is 14.3 Å². The summed E-state index contributed by atoms with van der Waals surface area (Å²) in [5, 5.41) is 14.5. The first-order valence-electron chi connectivity index (χ1n) is 7.39. The number of halogens is 1. The molecule has 2 aromatic rings. The SMILES string of the molecule is Cc1c(F)cccc1Nc1cc(C2CC2)nc(NCC(=O)O)n1. The summed E-state index contributed by atoms with van der Waals surface area (Å²) < 4.78 is 13.6. The number of benzene rings is 1. The first kappa shape index (κ1) is 15.2. The highest BCUT2D eigenvalue weighted by atomic mass is 19.1. The fourth-order valence-electron chi connectivity index (χ4n) is 2.23. The van der Waals surface area contributed by atoms with Crippen LogP contribution in [0.5, 0.6) is 0 Å². The van der Waals surface area contributed by atoms with E-state index in [0.29, 0.717) is 23.0 Å². The molecule has 0 bridgehead atoms. The number of aliphatic carboxylic acids is 1. The average Bonchev–Trinajstić information content (AvgIpc) is 3.34. The summed E-state index contributed by atoms with van der Waals surface area (Å²) in [6, 6.07) is 6.61. The predicted octanol–water partition coefficient (Wildman–Crippen LogP) is 3.04. The molecule has 3 rings (SSSR count). The van der Waals surface area contributed by atoms with Gasteiger partial charge in [0, 0.05) is 23.2 Å². The Hall–Kier alpha value is -2.70. The highest BCUT2D eigenvalue weighted by Gasteiger charge is 2.26. The smallest absolute Gasteiger partial charge is 0.322 e. The molecule has 1 aromatic carbocycles. The largest absolute Gasteiger partial charge is 0.480 e. The Morgan fingerprint density at radius 1 is 1.39 bits per heavy atom. The van der Waals surface area contributed by atoms with Gasteiger partial charge < -0.3 is 15.7 Å². The summed E-state index contributed by atoms with van der Waals surface area (Å²) in [6.07, 6.45) is 2.13. The standard InChI is InChI=1S/C16H17FN4O2/c1-9-11(17)3-2-4-12(9)19-14-7-13(10-5-6-10)20-16(21-14)18-8-15(22)23/h2-4,7,10H,5-6,8H2,1H3,(H,22,23)(H2,18,19,20,21). The molecule has 0 amide bonds. The van der Waals surface area contributed by atoms with Crippen LogP contribution >= 0.6 is 0 Å². The Bertz CT molecular complexity index is 747. The molecule has 23 heavy (non-hydrogen) atoms. The van der Waals surface area contributed by atoms with Gasteiger partial charge in [-0.3, -0.25) is 4.79 Å². The van der Waals surface area contributed by atoms with E-state index in [1.165, 1.54) is 6.07 Å². The van der Waals surface area contributed by atoms with E-state index < -0.39 is 5.97 Å². The van der Waals surface area contributed by atoms with E-state index in [0.717, 1.165) is 18.5 Å². The van der Waals surface area contributed by atoms with E-state index in [1.54, 1.807) is 19.1 Å². The number of aromatic nitrogens is 2. The van der Waals surface area contributed by atoms with Crippen LogP contribution in [0.3, 0.4) is 0 Å². The number of anilines is 3. The van der Waals surface area contributed by atoms with Crippen molar-refractivity contribution in [2.75, 3.05) is 17.2 Å². The molecule has 1 aromatic heterocycles. The molecule has 6 nitrogen and oxygen atoms in total. The Kier molecular flexibility index (Phi) is 4.10. The molecule has 120 valence electrons. The summed E-state index contributed by atoms with van der Waals surface area (Å²) in [4.78, 5) is 19.3. The van der Waals surface area contributed by atoms with Gasteiger partial charge in [-0.2, -0.15) is 4.98 Å². The molecule has 1 saturated carbocycles. The Balaban J connectivity index is 1.88. The topological polar surface area (TPSA) is 87.1 Å². The fraction of sp³-hybridized carbons (Fsp3) is 0.312. The quantitative estimate of drug-likeness (QED) is 0.759. The fourth-order valence-corrected chi connectivity index (χ4v) is 2.23. The van der Waals surface area contributed by atoms with Gasteiger partial charge in [-0.25, -0.2) is 9.37 Å². The summed E-state index contributed by atoms with van der Waals surface area (Å²) in [5.41, 5.74) is 1.98. The van der Waals surface area contributed by atoms with Crippen molar-refractivity contribution in [2.24, 2.45) is 0 Å². The Labute approximate surface area is 132 Å². The lowest BCUT2D eigenvalue weighted by Crippen LogP contribution is -2.15. The number of nitrogens with one attached hydrogen (secondary N) is 2. The number of hydrogen-bond acceptors (Lipinski definition) is 5. The molecular formula is C16H17FN4O2. The molecule has 0 atom stereocenters. The van der Waals surface area contributed by atoms with Crippen molar-refractivity contribution in [1.82, 2.24) is 9.97 Å². The van der Waals surface area contributed by atoms with Gasteiger partial charge in [-0.1, -0.05) is 6.07 Å². The van der Waals surface area contributed by atoms with Crippen LogP contribution < -0.4 is 10.6 Å². The van der Waals surface area contributed by atoms with E-state index in [2.05, 4.69) is 20.6 Å². The van der Waals surface area contributed by atoms with Crippen LogP contribution in [0, 0.1) is 12.7 Å². The maximum absolute atomic E-state index is 13.6. The number of carboxylic acid groups (broad SMARTS) is 1. The molecule has 1 heterocycles. The minimum Gasteiger partial charge on any atom is -0.480 e. The minimum atomic E-state index is -0.985. The lowest BCUT2D eigenvalue weighted by molar-refractivity contribution is -0.134. The monoisotopic (exact) mass is 316 g/mol. The van der Waals surface area contributed by atoms with E-state index in [9.17, 15) is 9.18 Å². The molecule has 3 N–H and O–H groups in total. The van der Waals surface area contributed by atoms with Gasteiger partial charge in [0.2, 0.25) is 5.95 Å². The van der Waals surface area contributed by atoms with E-state index >= 15 is 0 Å². The summed E-state index contributed by atoms with van der Waals surface area (Å²) in [5.74, 6) is -0.119. The van der Waals surface area contributed by atoms with Crippen LogP contribution in [0.2, 0.25) is 0 Å². The van der Waals surface area contributed by atoms with Gasteiger partial charge in [0.05, 0.1) is 5.69 Å². The normalized spacial score (nSPS) is 13.7. The maximum Gasteiger partial charge on any atom is 0.322 e. The van der Waals surface area contributed by atoms with Crippen LogP contribution in [0.4, 0.5) is 21.8 Å². The molecule has 0 saturated heterocycles. The van der Waals surface area contributed by atoms with Crippen LogP contribution in [0.15, 0.2) is 24.3 Å². The molecular weight excluding hydrogens is 299 g/mol. The molecule has 1 fully saturated rings. The van der Waals surface area contributed by atoms with Gasteiger partial charge in [0.25, 0.3) is 0 Å². The third-order valence-corrected chi connectivity index (χ3v) is 3.67. The highest BCUT2D eigenvalue weighted by Crippen LogP contribution is 2.40. The second kappa shape index (κ2) is 6.20. The number of carboxylic acids is 1. The van der Waals surface area contributed by atoms with Crippen LogP contribution in [-0.2, 0) is 4.79 Å². The number of carbonyl (C=O) groups is 1. The summed E-state index contributed by atoms with van der Waals surface area (Å²) >= 11 is 0. The lowest BCUT2D eigenvalue weighted by Gasteiger charge is -2.12. The molecule has 0 aliphatic heterocycles. The van der Waals surface area contributed by atoms with Crippen molar-refractivity contribution in [1.29, 1.82) is 0 Å². The molecule has 0 radical (unpaired) electrons.